The van der Waals surface area contributed by atoms with Gasteiger partial charge in [-0.1, -0.05) is 0 Å². The minimum absolute atomic E-state index is 0.0258. The fraction of sp³-hybridized carbons (Fsp3) is 0.389. The first-order valence-electron chi connectivity index (χ1n) is 8.70. The van der Waals surface area contributed by atoms with E-state index in [1.165, 1.54) is 12.1 Å². The number of hydrogen-bond donors (Lipinski definition) is 1. The average Bonchev–Trinajstić information content (AvgIpc) is 3.09. The third-order valence-corrected chi connectivity index (χ3v) is 5.22. The highest BCUT2D eigenvalue weighted by Gasteiger charge is 2.27. The predicted molar refractivity (Wildman–Crippen MR) is 106 cm³/mol. The molecule has 1 aliphatic heterocycles. The summed E-state index contributed by atoms with van der Waals surface area (Å²) in [6.45, 7) is 2.27. The van der Waals surface area contributed by atoms with Gasteiger partial charge in [-0.05, 0) is 24.3 Å². The van der Waals surface area contributed by atoms with Gasteiger partial charge in [0.25, 0.3) is 0 Å². The Balaban J connectivity index is 1.47. The van der Waals surface area contributed by atoms with Gasteiger partial charge in [-0.15, -0.1) is 11.8 Å². The molecule has 1 aromatic carbocycles. The summed E-state index contributed by atoms with van der Waals surface area (Å²) < 4.78 is 14.6. The van der Waals surface area contributed by atoms with E-state index >= 15 is 0 Å². The minimum atomic E-state index is -0.229. The van der Waals surface area contributed by atoms with E-state index in [0.717, 1.165) is 16.3 Å². The van der Waals surface area contributed by atoms with E-state index in [0.29, 0.717) is 25.6 Å². The molecule has 2 heterocycles. The summed E-state index contributed by atoms with van der Waals surface area (Å²) in [5.41, 5.74) is 0.820. The van der Waals surface area contributed by atoms with Gasteiger partial charge in [0.2, 0.25) is 5.91 Å². The van der Waals surface area contributed by atoms with Gasteiger partial charge in [-0.25, -0.2) is 4.39 Å². The van der Waals surface area contributed by atoms with Crippen molar-refractivity contribution in [2.24, 2.45) is 12.0 Å². The summed E-state index contributed by atoms with van der Waals surface area (Å²) in [5.74, 6) is 1.33. The number of aromatic nitrogens is 2. The van der Waals surface area contributed by atoms with Gasteiger partial charge < -0.3 is 15.1 Å². The topological polar surface area (TPSA) is 65.8 Å². The Labute approximate surface area is 162 Å². The number of piperazine rings is 1. The lowest BCUT2D eigenvalue weighted by molar-refractivity contribution is -0.120. The quantitative estimate of drug-likeness (QED) is 0.363. The molecule has 1 fully saturated rings. The van der Waals surface area contributed by atoms with Crippen LogP contribution in [0.3, 0.4) is 0 Å². The van der Waals surface area contributed by atoms with E-state index in [1.807, 2.05) is 18.1 Å². The van der Waals surface area contributed by atoms with Gasteiger partial charge in [-0.2, -0.15) is 5.10 Å². The monoisotopic (exact) mass is 390 g/mol. The lowest BCUT2D eigenvalue weighted by atomic mass is 10.3. The van der Waals surface area contributed by atoms with E-state index in [2.05, 4.69) is 15.4 Å². The van der Waals surface area contributed by atoms with E-state index in [4.69, 9.17) is 0 Å². The number of halogens is 1. The van der Waals surface area contributed by atoms with Gasteiger partial charge in [-0.3, -0.25) is 14.5 Å². The second-order valence-corrected chi connectivity index (χ2v) is 7.28. The third-order valence-electron chi connectivity index (χ3n) is 4.20. The number of nitrogens with one attached hydrogen (secondary N) is 1. The molecule has 0 spiro atoms. The van der Waals surface area contributed by atoms with Crippen molar-refractivity contribution in [1.82, 2.24) is 20.0 Å². The molecule has 1 N–H and O–H groups in total. The maximum atomic E-state index is 12.9. The van der Waals surface area contributed by atoms with Crippen LogP contribution in [0.5, 0.6) is 0 Å². The molecule has 1 amide bonds. The second kappa shape index (κ2) is 8.90. The Morgan fingerprint density at radius 2 is 2.11 bits per heavy atom. The van der Waals surface area contributed by atoms with Crippen LogP contribution < -0.4 is 10.2 Å². The molecule has 0 radical (unpaired) electrons. The summed E-state index contributed by atoms with van der Waals surface area (Å²) in [7, 11) is 3.55. The number of amides is 1. The molecule has 0 aliphatic carbocycles. The number of hydrogen-bond acceptors (Lipinski definition) is 4. The maximum absolute atomic E-state index is 12.9. The summed E-state index contributed by atoms with van der Waals surface area (Å²) >= 11 is 1.64. The van der Waals surface area contributed by atoms with Crippen molar-refractivity contribution in [3.05, 3.63) is 42.5 Å². The van der Waals surface area contributed by atoms with Crippen molar-refractivity contribution in [2.45, 2.75) is 4.90 Å². The van der Waals surface area contributed by atoms with E-state index in [1.54, 1.807) is 46.7 Å². The van der Waals surface area contributed by atoms with Crippen molar-refractivity contribution in [1.29, 1.82) is 0 Å². The second-order valence-electron chi connectivity index (χ2n) is 6.12. The zero-order chi connectivity index (χ0) is 19.2. The molecule has 0 saturated carbocycles. The molecule has 1 saturated heterocycles. The zero-order valence-electron chi connectivity index (χ0n) is 15.4. The summed E-state index contributed by atoms with van der Waals surface area (Å²) in [6, 6.07) is 6.46. The van der Waals surface area contributed by atoms with Crippen LogP contribution in [-0.4, -0.2) is 65.5 Å². The highest BCUT2D eigenvalue weighted by atomic mass is 32.2. The van der Waals surface area contributed by atoms with Crippen LogP contribution in [0.4, 0.5) is 10.1 Å². The Morgan fingerprint density at radius 1 is 1.33 bits per heavy atom. The highest BCUT2D eigenvalue weighted by Crippen LogP contribution is 2.18. The Morgan fingerprint density at radius 3 is 2.74 bits per heavy atom. The molecule has 27 heavy (non-hydrogen) atoms. The molecule has 1 aromatic heterocycles. The molecule has 9 heteroatoms. The molecule has 0 atom stereocenters. The smallest absolute Gasteiger partial charge is 0.246 e. The van der Waals surface area contributed by atoms with Gasteiger partial charge >= 0.3 is 0 Å². The summed E-state index contributed by atoms with van der Waals surface area (Å²) in [6.07, 6.45) is 3.54. The fourth-order valence-corrected chi connectivity index (χ4v) is 3.64. The van der Waals surface area contributed by atoms with Crippen molar-refractivity contribution < 1.29 is 9.18 Å². The van der Waals surface area contributed by atoms with Gasteiger partial charge in [0.1, 0.15) is 12.4 Å². The van der Waals surface area contributed by atoms with Gasteiger partial charge in [0, 0.05) is 50.6 Å². The summed E-state index contributed by atoms with van der Waals surface area (Å²) in [4.78, 5) is 21.5. The van der Waals surface area contributed by atoms with Crippen LogP contribution in [0.1, 0.15) is 0 Å². The molecule has 0 unspecified atom stereocenters. The standard InChI is InChI=1S/C18H23FN6OS/c1-20-18(21-7-10-27-16-5-3-14(19)4-6-16)24-8-9-25(17(26)13-24)15-11-22-23(2)12-15/h3-6,11-12H,7-10,13H2,1-2H3,(H,20,21). The summed E-state index contributed by atoms with van der Waals surface area (Å²) in [5, 5.41) is 7.42. The molecule has 7 nitrogen and oxygen atoms in total. The number of rotatable bonds is 5. The van der Waals surface area contributed by atoms with Crippen LogP contribution >= 0.6 is 11.8 Å². The first kappa shape index (κ1) is 19.2. The molecule has 1 aliphatic rings. The SMILES string of the molecule is CN=C(NCCSc1ccc(F)cc1)N1CCN(c2cnn(C)c2)C(=O)C1. The van der Waals surface area contributed by atoms with E-state index in [-0.39, 0.29) is 18.3 Å². The van der Waals surface area contributed by atoms with Crippen molar-refractivity contribution in [3.63, 3.8) is 0 Å². The maximum Gasteiger partial charge on any atom is 0.246 e. The van der Waals surface area contributed by atoms with E-state index < -0.39 is 0 Å². The molecule has 144 valence electrons. The Kier molecular flexibility index (Phi) is 6.33. The number of aliphatic imine (C=N–C) groups is 1. The lowest BCUT2D eigenvalue weighted by Crippen LogP contribution is -2.55. The molecular weight excluding hydrogens is 367 g/mol. The largest absolute Gasteiger partial charge is 0.355 e. The number of anilines is 1. The van der Waals surface area contributed by atoms with Crippen LogP contribution in [0.25, 0.3) is 0 Å². The van der Waals surface area contributed by atoms with Crippen LogP contribution in [0.15, 0.2) is 46.5 Å². The average molecular weight is 390 g/mol. The molecule has 2 aromatic rings. The van der Waals surface area contributed by atoms with E-state index in [9.17, 15) is 9.18 Å². The normalized spacial score (nSPS) is 15.4. The first-order valence-corrected chi connectivity index (χ1v) is 9.68. The highest BCUT2D eigenvalue weighted by molar-refractivity contribution is 7.99. The minimum Gasteiger partial charge on any atom is -0.355 e. The van der Waals surface area contributed by atoms with Crippen LogP contribution in [0, 0.1) is 5.82 Å². The molecule has 0 bridgehead atoms. The predicted octanol–water partition coefficient (Wildman–Crippen LogP) is 1.58. The molecular formula is C18H23FN6OS. The van der Waals surface area contributed by atoms with Crippen LogP contribution in [-0.2, 0) is 11.8 Å². The molecule has 3 rings (SSSR count). The van der Waals surface area contributed by atoms with Crippen molar-refractivity contribution in [3.8, 4) is 0 Å². The fourth-order valence-electron chi connectivity index (χ4n) is 2.87. The van der Waals surface area contributed by atoms with Gasteiger partial charge in [0.15, 0.2) is 5.96 Å². The number of thioether (sulfide) groups is 1. The number of nitrogens with zero attached hydrogens (tertiary/aromatic N) is 5. The van der Waals surface area contributed by atoms with Gasteiger partial charge in [0.05, 0.1) is 11.9 Å². The van der Waals surface area contributed by atoms with Crippen molar-refractivity contribution in [2.75, 3.05) is 43.9 Å². The van der Waals surface area contributed by atoms with Crippen molar-refractivity contribution >= 4 is 29.3 Å². The Hall–Kier alpha value is -2.55. The lowest BCUT2D eigenvalue weighted by Gasteiger charge is -2.35. The first-order chi connectivity index (χ1) is 13.1. The van der Waals surface area contributed by atoms with Crippen LogP contribution in [0.2, 0.25) is 0 Å². The number of aryl methyl sites for hydroxylation is 1. The zero-order valence-corrected chi connectivity index (χ0v) is 16.2. The number of carbonyl (C=O) groups is 1. The third kappa shape index (κ3) is 5.00. The number of benzene rings is 1. The number of guanidine groups is 1. The Bertz CT molecular complexity index is 806. The number of carbonyl (C=O) groups excluding carboxylic acids is 1.